The van der Waals surface area contributed by atoms with Gasteiger partial charge in [0.1, 0.15) is 6.04 Å². The summed E-state index contributed by atoms with van der Waals surface area (Å²) in [6.07, 6.45) is 3.18. The average molecular weight is 320 g/mol. The van der Waals surface area contributed by atoms with Gasteiger partial charge in [0, 0.05) is 18.8 Å². The van der Waals surface area contributed by atoms with Crippen molar-refractivity contribution in [3.05, 3.63) is 78.1 Å². The summed E-state index contributed by atoms with van der Waals surface area (Å²) in [5, 5.41) is 14.1. The maximum atomic E-state index is 12.2. The molecule has 0 saturated carbocycles. The Hall–Kier alpha value is -3.21. The van der Waals surface area contributed by atoms with Gasteiger partial charge in [-0.1, -0.05) is 42.5 Å². The largest absolute Gasteiger partial charge is 0.480 e. The lowest BCUT2D eigenvalue weighted by Gasteiger charge is -2.16. The summed E-state index contributed by atoms with van der Waals surface area (Å²) in [6, 6.07) is 15.7. The van der Waals surface area contributed by atoms with Crippen molar-refractivity contribution in [1.82, 2.24) is 10.3 Å². The first-order chi connectivity index (χ1) is 11.6. The van der Waals surface area contributed by atoms with Crippen LogP contribution in [-0.2, 0) is 11.2 Å². The van der Waals surface area contributed by atoms with E-state index in [4.69, 9.17) is 0 Å². The number of aromatic nitrogens is 1. The number of benzene rings is 2. The first-order valence-corrected chi connectivity index (χ1v) is 7.55. The number of fused-ring (bicyclic) bond motifs is 1. The Kier molecular flexibility index (Phi) is 4.52. The lowest BCUT2D eigenvalue weighted by molar-refractivity contribution is -0.139. The molecule has 1 atom stereocenters. The molecule has 1 amide bonds. The molecule has 0 spiro atoms. The monoisotopic (exact) mass is 320 g/mol. The van der Waals surface area contributed by atoms with Crippen LogP contribution < -0.4 is 5.32 Å². The van der Waals surface area contributed by atoms with Crippen LogP contribution in [0, 0.1) is 0 Å². The van der Waals surface area contributed by atoms with Crippen LogP contribution in [0.15, 0.2) is 67.0 Å². The number of carboxylic acid groups (broad SMARTS) is 1. The molecule has 24 heavy (non-hydrogen) atoms. The zero-order valence-corrected chi connectivity index (χ0v) is 12.8. The molecule has 120 valence electrons. The van der Waals surface area contributed by atoms with Crippen LogP contribution in [0.5, 0.6) is 0 Å². The second-order valence-electron chi connectivity index (χ2n) is 5.45. The predicted molar refractivity (Wildman–Crippen MR) is 90.8 cm³/mol. The van der Waals surface area contributed by atoms with Gasteiger partial charge >= 0.3 is 5.97 Å². The lowest BCUT2D eigenvalue weighted by Crippen LogP contribution is -2.42. The molecule has 1 heterocycles. The van der Waals surface area contributed by atoms with E-state index < -0.39 is 17.9 Å². The molecule has 0 aliphatic rings. The maximum Gasteiger partial charge on any atom is 0.326 e. The minimum absolute atomic E-state index is 0.211. The topological polar surface area (TPSA) is 79.3 Å². The van der Waals surface area contributed by atoms with Gasteiger partial charge in [-0.05, 0) is 28.5 Å². The third-order valence-electron chi connectivity index (χ3n) is 3.83. The van der Waals surface area contributed by atoms with E-state index in [9.17, 15) is 14.7 Å². The highest BCUT2D eigenvalue weighted by atomic mass is 16.4. The van der Waals surface area contributed by atoms with Gasteiger partial charge in [-0.25, -0.2) is 4.79 Å². The molecule has 5 heteroatoms. The molecule has 1 unspecified atom stereocenters. The quantitative estimate of drug-likeness (QED) is 0.757. The standard InChI is InChI=1S/C19H16N2O3/c22-18(15-8-4-10-20-12-15)21-17(19(23)24)11-14-7-3-6-13-5-1-2-9-16(13)14/h1-10,12,17H,11H2,(H,21,22)(H,23,24). The van der Waals surface area contributed by atoms with E-state index in [-0.39, 0.29) is 6.42 Å². The molecule has 0 radical (unpaired) electrons. The summed E-state index contributed by atoms with van der Waals surface area (Å²) in [5.74, 6) is -1.52. The average Bonchev–Trinajstić information content (AvgIpc) is 2.62. The van der Waals surface area contributed by atoms with E-state index in [1.807, 2.05) is 42.5 Å². The minimum atomic E-state index is -1.07. The van der Waals surface area contributed by atoms with Crippen molar-refractivity contribution in [2.45, 2.75) is 12.5 Å². The van der Waals surface area contributed by atoms with Crippen molar-refractivity contribution in [2.75, 3.05) is 0 Å². The molecular weight excluding hydrogens is 304 g/mol. The predicted octanol–water partition coefficient (Wildman–Crippen LogP) is 2.66. The molecule has 2 aromatic carbocycles. The summed E-state index contributed by atoms with van der Waals surface area (Å²) in [6.45, 7) is 0. The maximum absolute atomic E-state index is 12.2. The Bertz CT molecular complexity index is 873. The van der Waals surface area contributed by atoms with Gasteiger partial charge in [0.15, 0.2) is 0 Å². The summed E-state index contributed by atoms with van der Waals surface area (Å²) in [5.41, 5.74) is 1.22. The second-order valence-corrected chi connectivity index (χ2v) is 5.45. The van der Waals surface area contributed by atoms with Crippen molar-refractivity contribution in [2.24, 2.45) is 0 Å². The molecule has 0 aliphatic carbocycles. The molecule has 0 bridgehead atoms. The lowest BCUT2D eigenvalue weighted by atomic mass is 9.98. The zero-order valence-electron chi connectivity index (χ0n) is 12.8. The fraction of sp³-hybridized carbons (Fsp3) is 0.105. The third-order valence-corrected chi connectivity index (χ3v) is 3.83. The highest BCUT2D eigenvalue weighted by Crippen LogP contribution is 2.20. The number of nitrogens with one attached hydrogen (secondary N) is 1. The third kappa shape index (κ3) is 3.41. The van der Waals surface area contributed by atoms with Gasteiger partial charge in [-0.3, -0.25) is 9.78 Å². The number of hydrogen-bond donors (Lipinski definition) is 2. The van der Waals surface area contributed by atoms with E-state index in [0.717, 1.165) is 16.3 Å². The fourth-order valence-electron chi connectivity index (χ4n) is 2.63. The molecule has 3 aromatic rings. The number of nitrogens with zero attached hydrogens (tertiary/aromatic N) is 1. The van der Waals surface area contributed by atoms with Crippen LogP contribution in [0.2, 0.25) is 0 Å². The Morgan fingerprint density at radius 3 is 2.58 bits per heavy atom. The van der Waals surface area contributed by atoms with Gasteiger partial charge in [-0.2, -0.15) is 0 Å². The van der Waals surface area contributed by atoms with E-state index >= 15 is 0 Å². The van der Waals surface area contributed by atoms with Gasteiger partial charge in [0.25, 0.3) is 5.91 Å². The summed E-state index contributed by atoms with van der Waals surface area (Å²) in [7, 11) is 0. The number of hydrogen-bond acceptors (Lipinski definition) is 3. The van der Waals surface area contributed by atoms with Gasteiger partial charge in [-0.15, -0.1) is 0 Å². The van der Waals surface area contributed by atoms with Crippen LogP contribution in [0.25, 0.3) is 10.8 Å². The molecule has 1 aromatic heterocycles. The smallest absolute Gasteiger partial charge is 0.326 e. The number of carbonyl (C=O) groups excluding carboxylic acids is 1. The van der Waals surface area contributed by atoms with Crippen LogP contribution in [0.3, 0.4) is 0 Å². The molecule has 0 saturated heterocycles. The number of amides is 1. The number of aliphatic carboxylic acids is 1. The Morgan fingerprint density at radius 1 is 1.04 bits per heavy atom. The Balaban J connectivity index is 1.84. The van der Waals surface area contributed by atoms with Gasteiger partial charge < -0.3 is 10.4 Å². The molecular formula is C19H16N2O3. The molecule has 3 rings (SSSR count). The minimum Gasteiger partial charge on any atom is -0.480 e. The van der Waals surface area contributed by atoms with Crippen molar-refractivity contribution in [3.63, 3.8) is 0 Å². The number of carboxylic acids is 1. The van der Waals surface area contributed by atoms with Crippen molar-refractivity contribution >= 4 is 22.6 Å². The molecule has 2 N–H and O–H groups in total. The van der Waals surface area contributed by atoms with E-state index in [0.29, 0.717) is 5.56 Å². The summed E-state index contributed by atoms with van der Waals surface area (Å²) < 4.78 is 0. The van der Waals surface area contributed by atoms with E-state index in [1.54, 1.807) is 18.3 Å². The Morgan fingerprint density at radius 2 is 1.83 bits per heavy atom. The molecule has 0 fully saturated rings. The summed E-state index contributed by atoms with van der Waals surface area (Å²) in [4.78, 5) is 27.6. The van der Waals surface area contributed by atoms with E-state index in [2.05, 4.69) is 10.3 Å². The van der Waals surface area contributed by atoms with Crippen molar-refractivity contribution in [3.8, 4) is 0 Å². The van der Waals surface area contributed by atoms with Crippen molar-refractivity contribution in [1.29, 1.82) is 0 Å². The summed E-state index contributed by atoms with van der Waals surface area (Å²) >= 11 is 0. The number of rotatable bonds is 5. The fourth-order valence-corrected chi connectivity index (χ4v) is 2.63. The first kappa shape index (κ1) is 15.7. The van der Waals surface area contributed by atoms with Crippen LogP contribution >= 0.6 is 0 Å². The highest BCUT2D eigenvalue weighted by Gasteiger charge is 2.22. The SMILES string of the molecule is O=C(NC(Cc1cccc2ccccc12)C(=O)O)c1cccnc1. The second kappa shape index (κ2) is 6.91. The highest BCUT2D eigenvalue weighted by molar-refractivity contribution is 5.96. The van der Waals surface area contributed by atoms with Crippen LogP contribution in [-0.4, -0.2) is 28.0 Å². The van der Waals surface area contributed by atoms with Crippen LogP contribution in [0.4, 0.5) is 0 Å². The Labute approximate surface area is 139 Å². The zero-order chi connectivity index (χ0) is 16.9. The van der Waals surface area contributed by atoms with Gasteiger partial charge in [0.2, 0.25) is 0 Å². The molecule has 0 aliphatic heterocycles. The van der Waals surface area contributed by atoms with Gasteiger partial charge in [0.05, 0.1) is 5.56 Å². The normalized spacial score (nSPS) is 11.8. The molecule has 5 nitrogen and oxygen atoms in total. The number of carbonyl (C=O) groups is 2. The number of pyridine rings is 1. The first-order valence-electron chi connectivity index (χ1n) is 7.55. The van der Waals surface area contributed by atoms with Crippen LogP contribution in [0.1, 0.15) is 15.9 Å². The van der Waals surface area contributed by atoms with E-state index in [1.165, 1.54) is 6.20 Å². The van der Waals surface area contributed by atoms with Crippen molar-refractivity contribution < 1.29 is 14.7 Å².